The number of nitrogens with zero attached hydrogens (tertiary/aromatic N) is 2. The van der Waals surface area contributed by atoms with E-state index in [2.05, 4.69) is 4.72 Å². The van der Waals surface area contributed by atoms with Gasteiger partial charge in [-0.2, -0.15) is 0 Å². The second-order valence-electron chi connectivity index (χ2n) is 6.41. The van der Waals surface area contributed by atoms with Crippen LogP contribution in [-0.2, 0) is 24.1 Å². The smallest absolute Gasteiger partial charge is 0.295 e. The molecule has 1 N–H and O–H groups in total. The van der Waals surface area contributed by atoms with Crippen LogP contribution in [0.3, 0.4) is 0 Å². The molecule has 0 fully saturated rings. The molecule has 0 saturated carbocycles. The summed E-state index contributed by atoms with van der Waals surface area (Å²) in [6, 6.07) is 8.62. The van der Waals surface area contributed by atoms with Gasteiger partial charge in [0.15, 0.2) is 0 Å². The summed E-state index contributed by atoms with van der Waals surface area (Å²) in [5.41, 5.74) is 4.36. The van der Waals surface area contributed by atoms with E-state index in [0.717, 1.165) is 16.6 Å². The number of aromatic nitrogens is 2. The Morgan fingerprint density at radius 2 is 1.44 bits per heavy atom. The lowest BCUT2D eigenvalue weighted by Crippen LogP contribution is -2.19. The number of benzene rings is 2. The van der Waals surface area contributed by atoms with Crippen LogP contribution < -0.4 is 10.4 Å². The van der Waals surface area contributed by atoms with Gasteiger partial charge < -0.3 is 0 Å². The molecule has 2 aromatic carbocycles. The predicted octanol–water partition coefficient (Wildman–Crippen LogP) is 2.60. The molecule has 0 aliphatic rings. The summed E-state index contributed by atoms with van der Waals surface area (Å²) in [5, 5.41) is 0. The maximum absolute atomic E-state index is 12.8. The molecule has 3 aromatic rings. The van der Waals surface area contributed by atoms with Crippen molar-refractivity contribution in [2.24, 2.45) is 14.1 Å². The molecule has 0 unspecified atom stereocenters. The molecular formula is C18H21N3O3S. The lowest BCUT2D eigenvalue weighted by Gasteiger charge is -2.13. The van der Waals surface area contributed by atoms with E-state index in [1.54, 1.807) is 45.3 Å². The molecule has 132 valence electrons. The molecule has 3 rings (SSSR count). The van der Waals surface area contributed by atoms with E-state index in [9.17, 15) is 13.2 Å². The van der Waals surface area contributed by atoms with Crippen LogP contribution in [0.25, 0.3) is 11.0 Å². The number of nitrogens with one attached hydrogen (secondary N) is 1. The summed E-state index contributed by atoms with van der Waals surface area (Å²) in [5.74, 6) is 0. The zero-order chi connectivity index (χ0) is 18.5. The van der Waals surface area contributed by atoms with Crippen LogP contribution in [-0.4, -0.2) is 17.6 Å². The van der Waals surface area contributed by atoms with Gasteiger partial charge in [-0.05, 0) is 61.7 Å². The third kappa shape index (κ3) is 2.84. The maximum Gasteiger partial charge on any atom is 0.328 e. The van der Waals surface area contributed by atoms with E-state index >= 15 is 0 Å². The van der Waals surface area contributed by atoms with Crippen LogP contribution in [0, 0.1) is 20.8 Å². The Morgan fingerprint density at radius 1 is 0.840 bits per heavy atom. The van der Waals surface area contributed by atoms with Crippen molar-refractivity contribution in [3.05, 3.63) is 57.5 Å². The molecular weight excluding hydrogens is 338 g/mol. The Morgan fingerprint density at radius 3 is 2.12 bits per heavy atom. The van der Waals surface area contributed by atoms with Crippen LogP contribution >= 0.6 is 0 Å². The van der Waals surface area contributed by atoms with Gasteiger partial charge in [0, 0.05) is 14.1 Å². The maximum atomic E-state index is 12.8. The zero-order valence-electron chi connectivity index (χ0n) is 14.9. The number of sulfonamides is 1. The molecule has 1 heterocycles. The van der Waals surface area contributed by atoms with Crippen molar-refractivity contribution in [2.75, 3.05) is 4.72 Å². The molecule has 0 amide bonds. The first-order chi connectivity index (χ1) is 11.6. The van der Waals surface area contributed by atoms with E-state index in [4.69, 9.17) is 0 Å². The fourth-order valence-electron chi connectivity index (χ4n) is 3.00. The van der Waals surface area contributed by atoms with Gasteiger partial charge in [0.05, 0.1) is 21.6 Å². The second-order valence-corrected chi connectivity index (χ2v) is 8.06. The van der Waals surface area contributed by atoms with Crippen molar-refractivity contribution in [2.45, 2.75) is 25.7 Å². The molecule has 0 atom stereocenters. The monoisotopic (exact) mass is 359 g/mol. The topological polar surface area (TPSA) is 73.1 Å². The van der Waals surface area contributed by atoms with Gasteiger partial charge in [-0.1, -0.05) is 6.07 Å². The SMILES string of the molecule is Cc1cc(C)c(S(=O)(=O)Nc2ccc3c(c2)n(C)c(=O)n3C)cc1C. The summed E-state index contributed by atoms with van der Waals surface area (Å²) in [4.78, 5) is 12.3. The lowest BCUT2D eigenvalue weighted by atomic mass is 10.1. The van der Waals surface area contributed by atoms with Gasteiger partial charge in [-0.3, -0.25) is 13.9 Å². The first kappa shape index (κ1) is 17.3. The summed E-state index contributed by atoms with van der Waals surface area (Å²) >= 11 is 0. The average Bonchev–Trinajstić information content (AvgIpc) is 2.75. The summed E-state index contributed by atoms with van der Waals surface area (Å²) in [6.07, 6.45) is 0. The number of rotatable bonds is 3. The summed E-state index contributed by atoms with van der Waals surface area (Å²) < 4.78 is 31.2. The van der Waals surface area contributed by atoms with Crippen molar-refractivity contribution in [1.82, 2.24) is 9.13 Å². The van der Waals surface area contributed by atoms with Crippen LogP contribution in [0.4, 0.5) is 5.69 Å². The third-order valence-electron chi connectivity index (χ3n) is 4.60. The Hall–Kier alpha value is -2.54. The number of hydrogen-bond acceptors (Lipinski definition) is 3. The van der Waals surface area contributed by atoms with E-state index in [1.807, 2.05) is 19.9 Å². The molecule has 0 radical (unpaired) electrons. The molecule has 0 saturated heterocycles. The van der Waals surface area contributed by atoms with E-state index in [0.29, 0.717) is 16.8 Å². The highest BCUT2D eigenvalue weighted by molar-refractivity contribution is 7.92. The molecule has 7 heteroatoms. The fraction of sp³-hybridized carbons (Fsp3) is 0.278. The van der Waals surface area contributed by atoms with Gasteiger partial charge in [0.2, 0.25) is 0 Å². The van der Waals surface area contributed by atoms with Gasteiger partial charge in [-0.25, -0.2) is 13.2 Å². The second kappa shape index (κ2) is 5.77. The predicted molar refractivity (Wildman–Crippen MR) is 99.6 cm³/mol. The minimum Gasteiger partial charge on any atom is -0.295 e. The highest BCUT2D eigenvalue weighted by Crippen LogP contribution is 2.24. The average molecular weight is 359 g/mol. The number of fused-ring (bicyclic) bond motifs is 1. The minimum atomic E-state index is -3.71. The van der Waals surface area contributed by atoms with Crippen molar-refractivity contribution < 1.29 is 8.42 Å². The molecule has 6 nitrogen and oxygen atoms in total. The molecule has 25 heavy (non-hydrogen) atoms. The van der Waals surface area contributed by atoms with Crippen LogP contribution in [0.15, 0.2) is 40.0 Å². The number of imidazole rings is 1. The molecule has 0 spiro atoms. The van der Waals surface area contributed by atoms with Crippen molar-refractivity contribution >= 4 is 26.7 Å². The van der Waals surface area contributed by atoms with Crippen molar-refractivity contribution in [3.8, 4) is 0 Å². The zero-order valence-corrected chi connectivity index (χ0v) is 15.7. The van der Waals surface area contributed by atoms with Gasteiger partial charge in [0.1, 0.15) is 0 Å². The van der Waals surface area contributed by atoms with E-state index < -0.39 is 10.0 Å². The van der Waals surface area contributed by atoms with Crippen molar-refractivity contribution in [3.63, 3.8) is 0 Å². The minimum absolute atomic E-state index is 0.153. The lowest BCUT2D eigenvalue weighted by molar-refractivity contribution is 0.600. The van der Waals surface area contributed by atoms with Crippen molar-refractivity contribution in [1.29, 1.82) is 0 Å². The van der Waals surface area contributed by atoms with E-state index in [-0.39, 0.29) is 10.6 Å². The highest BCUT2D eigenvalue weighted by atomic mass is 32.2. The van der Waals surface area contributed by atoms with Crippen LogP contribution in [0.5, 0.6) is 0 Å². The Balaban J connectivity index is 2.07. The highest BCUT2D eigenvalue weighted by Gasteiger charge is 2.19. The van der Waals surface area contributed by atoms with Gasteiger partial charge in [-0.15, -0.1) is 0 Å². The first-order valence-electron chi connectivity index (χ1n) is 7.88. The number of anilines is 1. The standard InChI is InChI=1S/C18H21N3O3S/c1-11-8-13(3)17(9-12(11)2)25(23,24)19-14-6-7-15-16(10-14)21(5)18(22)20(15)4/h6-10,19H,1-5H3. The summed E-state index contributed by atoms with van der Waals surface area (Å²) in [7, 11) is -0.362. The quantitative estimate of drug-likeness (QED) is 0.781. The van der Waals surface area contributed by atoms with Gasteiger partial charge in [0.25, 0.3) is 10.0 Å². The number of hydrogen-bond donors (Lipinski definition) is 1. The van der Waals surface area contributed by atoms with Crippen LogP contribution in [0.2, 0.25) is 0 Å². The fourth-order valence-corrected chi connectivity index (χ4v) is 4.37. The Kier molecular flexibility index (Phi) is 3.99. The largest absolute Gasteiger partial charge is 0.328 e. The molecule has 0 bridgehead atoms. The van der Waals surface area contributed by atoms with Crippen LogP contribution in [0.1, 0.15) is 16.7 Å². The van der Waals surface area contributed by atoms with Gasteiger partial charge >= 0.3 is 5.69 Å². The normalized spacial score (nSPS) is 11.9. The first-order valence-corrected chi connectivity index (χ1v) is 9.36. The molecule has 0 aliphatic heterocycles. The Bertz CT molecular complexity index is 1150. The van der Waals surface area contributed by atoms with E-state index in [1.165, 1.54) is 9.13 Å². The number of aryl methyl sites for hydroxylation is 5. The summed E-state index contributed by atoms with van der Waals surface area (Å²) in [6.45, 7) is 5.63. The third-order valence-corrected chi connectivity index (χ3v) is 6.13. The molecule has 0 aliphatic carbocycles. The molecule has 1 aromatic heterocycles. The Labute approximate surface area is 146 Å².